The number of rotatable bonds is 9. The van der Waals surface area contributed by atoms with Crippen LogP contribution in [0.3, 0.4) is 0 Å². The molecular weight excluding hydrogens is 374 g/mol. The van der Waals surface area contributed by atoms with Gasteiger partial charge < -0.3 is 21.1 Å². The maximum atomic E-state index is 10.1. The van der Waals surface area contributed by atoms with Gasteiger partial charge in [0, 0.05) is 30.8 Å². The number of nitrogens with one attached hydrogen (secondary N) is 3. The van der Waals surface area contributed by atoms with Crippen molar-refractivity contribution in [3.63, 3.8) is 0 Å². The van der Waals surface area contributed by atoms with Crippen molar-refractivity contribution in [2.24, 2.45) is 10.7 Å². The number of hydrogen-bond donors (Lipinski definition) is 5. The Labute approximate surface area is 162 Å². The van der Waals surface area contributed by atoms with Crippen molar-refractivity contribution >= 4 is 35.5 Å². The molecule has 1 aromatic heterocycles. The van der Waals surface area contributed by atoms with Crippen molar-refractivity contribution in [1.29, 1.82) is 5.26 Å². The Kier molecular flexibility index (Phi) is 14.2. The normalized spacial score (nSPS) is 11.7. The van der Waals surface area contributed by atoms with Crippen LogP contribution in [0.2, 0.25) is 0 Å². The van der Waals surface area contributed by atoms with Gasteiger partial charge in [-0.1, -0.05) is 0 Å². The molecule has 0 radical (unpaired) electrons. The number of nitrogens with two attached hydrogens (primary N) is 1. The summed E-state index contributed by atoms with van der Waals surface area (Å²) in [4.78, 5) is 21.2. The molecule has 0 bridgehead atoms. The molecule has 1 rings (SSSR count). The van der Waals surface area contributed by atoms with E-state index in [9.17, 15) is 4.79 Å². The van der Waals surface area contributed by atoms with E-state index in [4.69, 9.17) is 16.1 Å². The lowest BCUT2D eigenvalue weighted by molar-refractivity contribution is -0.138. The van der Waals surface area contributed by atoms with Crippen LogP contribution in [0.25, 0.3) is 0 Å². The second-order valence-corrected chi connectivity index (χ2v) is 7.08. The summed E-state index contributed by atoms with van der Waals surface area (Å²) in [7, 11) is 1.63. The van der Waals surface area contributed by atoms with Crippen LogP contribution in [0.15, 0.2) is 11.3 Å². The Balaban J connectivity index is 0.000000590. The van der Waals surface area contributed by atoms with Crippen LogP contribution in [0.5, 0.6) is 0 Å². The van der Waals surface area contributed by atoms with Gasteiger partial charge in [-0.15, -0.1) is 0 Å². The van der Waals surface area contributed by atoms with Crippen molar-refractivity contribution in [1.82, 2.24) is 20.6 Å². The second kappa shape index (κ2) is 15.4. The number of aryl methyl sites for hydroxylation is 1. The van der Waals surface area contributed by atoms with Crippen LogP contribution < -0.4 is 16.4 Å². The molecule has 0 aromatic carbocycles. The highest BCUT2D eigenvalue weighted by Gasteiger charge is 2.09. The summed E-state index contributed by atoms with van der Waals surface area (Å²) < 4.78 is 0. The summed E-state index contributed by atoms with van der Waals surface area (Å²) in [5.41, 5.74) is 7.40. The van der Waals surface area contributed by atoms with Crippen LogP contribution in [-0.2, 0) is 10.5 Å². The first kappa shape index (κ1) is 24.1. The van der Waals surface area contributed by atoms with Crippen molar-refractivity contribution < 1.29 is 9.90 Å². The van der Waals surface area contributed by atoms with E-state index < -0.39 is 12.0 Å². The molecule has 26 heavy (non-hydrogen) atoms. The van der Waals surface area contributed by atoms with Gasteiger partial charge in [0.2, 0.25) is 5.96 Å². The number of nitriles is 1. The SMILES string of the molecule is CN=C(NC#N)NCCSCc1nc[nH]c1C.CSCCC(N)C(=O)O. The second-order valence-electron chi connectivity index (χ2n) is 4.99. The Morgan fingerprint density at radius 1 is 1.58 bits per heavy atom. The maximum absolute atomic E-state index is 10.1. The zero-order valence-electron chi connectivity index (χ0n) is 15.3. The van der Waals surface area contributed by atoms with Crippen molar-refractivity contribution in [3.05, 3.63) is 17.7 Å². The number of imidazole rings is 1. The third-order valence-electron chi connectivity index (χ3n) is 3.06. The zero-order chi connectivity index (χ0) is 19.8. The van der Waals surface area contributed by atoms with E-state index in [0.29, 0.717) is 12.4 Å². The highest BCUT2D eigenvalue weighted by Crippen LogP contribution is 2.11. The lowest BCUT2D eigenvalue weighted by atomic mass is 10.2. The van der Waals surface area contributed by atoms with E-state index in [0.717, 1.165) is 35.2 Å². The Morgan fingerprint density at radius 3 is 2.81 bits per heavy atom. The molecule has 11 heteroatoms. The van der Waals surface area contributed by atoms with E-state index in [1.165, 1.54) is 0 Å². The number of aliphatic imine (C=N–C) groups is 1. The Hall–Kier alpha value is -1.90. The molecule has 1 heterocycles. The van der Waals surface area contributed by atoms with Crippen LogP contribution >= 0.6 is 23.5 Å². The van der Waals surface area contributed by atoms with Gasteiger partial charge in [-0.05, 0) is 25.4 Å². The lowest BCUT2D eigenvalue weighted by Gasteiger charge is -2.06. The number of thioether (sulfide) groups is 2. The van der Waals surface area contributed by atoms with Gasteiger partial charge in [0.25, 0.3) is 0 Å². The van der Waals surface area contributed by atoms with E-state index in [-0.39, 0.29) is 0 Å². The lowest BCUT2D eigenvalue weighted by Crippen LogP contribution is -2.35. The summed E-state index contributed by atoms with van der Waals surface area (Å²) in [6.07, 6.45) is 6.01. The highest BCUT2D eigenvalue weighted by molar-refractivity contribution is 7.98. The molecule has 146 valence electrons. The topological polar surface area (TPSA) is 152 Å². The molecule has 0 fully saturated rings. The van der Waals surface area contributed by atoms with Gasteiger partial charge in [0.1, 0.15) is 6.04 Å². The van der Waals surface area contributed by atoms with Crippen LogP contribution in [-0.4, -0.2) is 64.4 Å². The van der Waals surface area contributed by atoms with Crippen LogP contribution in [0.4, 0.5) is 0 Å². The fourth-order valence-corrected chi connectivity index (χ4v) is 2.91. The number of hydrogen-bond acceptors (Lipinski definition) is 7. The Morgan fingerprint density at radius 2 is 2.31 bits per heavy atom. The minimum absolute atomic E-state index is 0.504. The predicted molar refractivity (Wildman–Crippen MR) is 108 cm³/mol. The van der Waals surface area contributed by atoms with E-state index in [1.54, 1.807) is 36.9 Å². The summed E-state index contributed by atoms with van der Waals surface area (Å²) in [5, 5.41) is 22.2. The number of aromatic nitrogens is 2. The molecule has 0 aliphatic heterocycles. The maximum Gasteiger partial charge on any atom is 0.320 e. The van der Waals surface area contributed by atoms with Gasteiger partial charge in [-0.25, -0.2) is 4.98 Å². The predicted octanol–water partition coefficient (Wildman–Crippen LogP) is 0.749. The van der Waals surface area contributed by atoms with E-state index >= 15 is 0 Å². The third kappa shape index (κ3) is 11.6. The molecule has 0 aliphatic carbocycles. The largest absolute Gasteiger partial charge is 0.480 e. The molecule has 0 aliphatic rings. The van der Waals surface area contributed by atoms with Crippen LogP contribution in [0, 0.1) is 18.4 Å². The number of aliphatic carboxylic acids is 1. The quantitative estimate of drug-likeness (QED) is 0.133. The molecule has 9 nitrogen and oxygen atoms in total. The smallest absolute Gasteiger partial charge is 0.320 e. The standard InChI is InChI=1S/C10H16N6S.C5H11NO2S/c1-8-9(16-7-15-8)5-17-4-3-13-10(12-2)14-6-11;1-9-3-2-4(6)5(7)8/h7H,3-5H2,1-2H3,(H,15,16)(H2,12,13,14);4H,2-3,6H2,1H3,(H,7,8). The first-order valence-corrected chi connectivity index (χ1v) is 10.4. The summed E-state index contributed by atoms with van der Waals surface area (Å²) in [5.74, 6) is 2.22. The number of carboxylic acid groups (broad SMARTS) is 1. The highest BCUT2D eigenvalue weighted by atomic mass is 32.2. The van der Waals surface area contributed by atoms with Crippen molar-refractivity contribution in [3.8, 4) is 6.19 Å². The molecule has 6 N–H and O–H groups in total. The number of aromatic amines is 1. The molecule has 1 aromatic rings. The van der Waals surface area contributed by atoms with Crippen LogP contribution in [0.1, 0.15) is 17.8 Å². The monoisotopic (exact) mass is 401 g/mol. The minimum atomic E-state index is -0.913. The number of carbonyl (C=O) groups is 1. The fourth-order valence-electron chi connectivity index (χ4n) is 1.54. The van der Waals surface area contributed by atoms with Gasteiger partial charge in [-0.3, -0.25) is 15.1 Å². The molecule has 1 atom stereocenters. The zero-order valence-corrected chi connectivity index (χ0v) is 16.9. The average molecular weight is 402 g/mol. The van der Waals surface area contributed by atoms with Crippen molar-refractivity contribution in [2.75, 3.05) is 31.4 Å². The minimum Gasteiger partial charge on any atom is -0.480 e. The molecule has 1 unspecified atom stereocenters. The van der Waals surface area contributed by atoms with Gasteiger partial charge in [-0.2, -0.15) is 28.8 Å². The van der Waals surface area contributed by atoms with Crippen molar-refractivity contribution in [2.45, 2.75) is 25.1 Å². The first-order chi connectivity index (χ1) is 12.5. The number of nitrogens with zero attached hydrogens (tertiary/aromatic N) is 3. The summed E-state index contributed by atoms with van der Waals surface area (Å²) >= 11 is 3.39. The Bertz CT molecular complexity index is 587. The number of H-pyrrole nitrogens is 1. The first-order valence-electron chi connectivity index (χ1n) is 7.85. The van der Waals surface area contributed by atoms with Gasteiger partial charge in [0.05, 0.1) is 12.0 Å². The molecule has 0 saturated carbocycles. The van der Waals surface area contributed by atoms with Gasteiger partial charge >= 0.3 is 5.97 Å². The average Bonchev–Trinajstić information content (AvgIpc) is 3.03. The van der Waals surface area contributed by atoms with E-state index in [1.807, 2.05) is 19.4 Å². The molecule has 0 spiro atoms. The fraction of sp³-hybridized carbons (Fsp3) is 0.600. The summed E-state index contributed by atoms with van der Waals surface area (Å²) in [6, 6.07) is -0.683. The molecule has 0 saturated heterocycles. The molecular formula is C15H27N7O2S2. The summed E-state index contributed by atoms with van der Waals surface area (Å²) in [6.45, 7) is 2.77. The number of guanidine groups is 1. The van der Waals surface area contributed by atoms with Gasteiger partial charge in [0.15, 0.2) is 6.19 Å². The molecule has 0 amide bonds. The van der Waals surface area contributed by atoms with E-state index in [2.05, 4.69) is 25.6 Å². The number of carboxylic acids is 1. The third-order valence-corrected chi connectivity index (χ3v) is 4.67.